The maximum atomic E-state index is 12.6. The predicted octanol–water partition coefficient (Wildman–Crippen LogP) is 2.32. The Hall–Kier alpha value is -1.40. The second-order valence-electron chi connectivity index (χ2n) is 7.48. The van der Waals surface area contributed by atoms with Gasteiger partial charge < -0.3 is 11.1 Å². The maximum Gasteiger partial charge on any atom is 0.229 e. The third-order valence-electron chi connectivity index (χ3n) is 5.56. The van der Waals surface area contributed by atoms with Gasteiger partial charge in [-0.3, -0.25) is 4.79 Å². The molecule has 2 fully saturated rings. The summed E-state index contributed by atoms with van der Waals surface area (Å²) in [4.78, 5) is 12.6. The molecule has 0 saturated heterocycles. The van der Waals surface area contributed by atoms with E-state index in [1.54, 1.807) is 38.1 Å². The zero-order valence-corrected chi connectivity index (χ0v) is 15.1. The molecule has 1 aromatic rings. The first kappa shape index (κ1) is 17.4. The van der Waals surface area contributed by atoms with E-state index in [9.17, 15) is 13.2 Å². The van der Waals surface area contributed by atoms with Crippen LogP contribution in [0.2, 0.25) is 0 Å². The number of sulfone groups is 1. The maximum absolute atomic E-state index is 12.6. The Balaban J connectivity index is 1.70. The second-order valence-corrected chi connectivity index (χ2v) is 10.0. The summed E-state index contributed by atoms with van der Waals surface area (Å²) in [6, 6.07) is 7.05. The van der Waals surface area contributed by atoms with E-state index in [0.717, 1.165) is 19.3 Å². The summed E-state index contributed by atoms with van der Waals surface area (Å²) in [6.07, 6.45) is 3.28. The Labute approximate surface area is 143 Å². The van der Waals surface area contributed by atoms with Crippen molar-refractivity contribution in [2.24, 2.45) is 23.5 Å². The largest absolute Gasteiger partial charge is 0.327 e. The van der Waals surface area contributed by atoms with Crippen LogP contribution in [0.4, 0.5) is 5.69 Å². The number of anilines is 1. The third kappa shape index (κ3) is 3.35. The van der Waals surface area contributed by atoms with E-state index in [1.807, 2.05) is 0 Å². The molecule has 1 amide bonds. The fourth-order valence-electron chi connectivity index (χ4n) is 4.09. The van der Waals surface area contributed by atoms with E-state index in [4.69, 9.17) is 5.73 Å². The highest BCUT2D eigenvalue weighted by Gasteiger charge is 2.49. The number of hydrogen-bond acceptors (Lipinski definition) is 4. The van der Waals surface area contributed by atoms with Crippen LogP contribution in [-0.4, -0.2) is 25.6 Å². The highest BCUT2D eigenvalue weighted by atomic mass is 32.2. The monoisotopic (exact) mass is 350 g/mol. The van der Waals surface area contributed by atoms with Gasteiger partial charge in [-0.25, -0.2) is 8.42 Å². The SMILES string of the molecule is CC(C)S(=O)(=O)Cc1cccc(NC(=O)C2C3CCC(C3)C2N)c1. The summed E-state index contributed by atoms with van der Waals surface area (Å²) < 4.78 is 24.1. The summed E-state index contributed by atoms with van der Waals surface area (Å²) in [7, 11) is -3.16. The average Bonchev–Trinajstić information content (AvgIpc) is 3.07. The fraction of sp³-hybridized carbons (Fsp3) is 0.611. The highest BCUT2D eigenvalue weighted by Crippen LogP contribution is 2.47. The van der Waals surface area contributed by atoms with Crippen LogP contribution in [0.1, 0.15) is 38.7 Å². The number of benzene rings is 1. The molecule has 24 heavy (non-hydrogen) atoms. The summed E-state index contributed by atoms with van der Waals surface area (Å²) in [6.45, 7) is 3.36. The third-order valence-corrected chi connectivity index (χ3v) is 7.74. The van der Waals surface area contributed by atoms with Crippen molar-refractivity contribution in [1.29, 1.82) is 0 Å². The van der Waals surface area contributed by atoms with E-state index >= 15 is 0 Å². The van der Waals surface area contributed by atoms with Gasteiger partial charge in [0.2, 0.25) is 5.91 Å². The fourth-order valence-corrected chi connectivity index (χ4v) is 5.07. The van der Waals surface area contributed by atoms with Crippen molar-refractivity contribution in [3.05, 3.63) is 29.8 Å². The van der Waals surface area contributed by atoms with Crippen molar-refractivity contribution >= 4 is 21.4 Å². The summed E-state index contributed by atoms with van der Waals surface area (Å²) in [5.41, 5.74) is 7.56. The van der Waals surface area contributed by atoms with Crippen LogP contribution in [-0.2, 0) is 20.4 Å². The lowest BCUT2D eigenvalue weighted by Crippen LogP contribution is -2.42. The molecule has 5 nitrogen and oxygen atoms in total. The van der Waals surface area contributed by atoms with Gasteiger partial charge >= 0.3 is 0 Å². The average molecular weight is 350 g/mol. The number of carbonyl (C=O) groups is 1. The van der Waals surface area contributed by atoms with Gasteiger partial charge in [0.15, 0.2) is 9.84 Å². The van der Waals surface area contributed by atoms with Crippen molar-refractivity contribution in [1.82, 2.24) is 0 Å². The number of carbonyl (C=O) groups excluding carboxylic acids is 1. The van der Waals surface area contributed by atoms with E-state index in [1.165, 1.54) is 0 Å². The number of amides is 1. The molecule has 0 spiro atoms. The second kappa shape index (κ2) is 6.48. The topological polar surface area (TPSA) is 89.3 Å². The van der Waals surface area contributed by atoms with E-state index < -0.39 is 15.1 Å². The van der Waals surface area contributed by atoms with Crippen LogP contribution >= 0.6 is 0 Å². The van der Waals surface area contributed by atoms with Gasteiger partial charge in [-0.2, -0.15) is 0 Å². The molecule has 2 bridgehead atoms. The summed E-state index contributed by atoms with van der Waals surface area (Å²) in [5.74, 6) is 0.718. The minimum Gasteiger partial charge on any atom is -0.327 e. The minimum absolute atomic E-state index is 0.0119. The van der Waals surface area contributed by atoms with Gasteiger partial charge in [0, 0.05) is 11.7 Å². The van der Waals surface area contributed by atoms with Gasteiger partial charge in [0.05, 0.1) is 16.9 Å². The molecule has 4 unspecified atom stereocenters. The quantitative estimate of drug-likeness (QED) is 0.853. The molecule has 4 atom stereocenters. The molecule has 132 valence electrons. The Morgan fingerprint density at radius 2 is 2.00 bits per heavy atom. The molecule has 0 aliphatic heterocycles. The predicted molar refractivity (Wildman–Crippen MR) is 95.1 cm³/mol. The summed E-state index contributed by atoms with van der Waals surface area (Å²) >= 11 is 0. The van der Waals surface area contributed by atoms with Crippen molar-refractivity contribution in [3.63, 3.8) is 0 Å². The molecule has 2 aliphatic carbocycles. The first-order valence-corrected chi connectivity index (χ1v) is 10.4. The molecular weight excluding hydrogens is 324 g/mol. The number of hydrogen-bond donors (Lipinski definition) is 2. The molecule has 0 aromatic heterocycles. The Morgan fingerprint density at radius 1 is 1.29 bits per heavy atom. The van der Waals surface area contributed by atoms with Crippen LogP contribution in [0.5, 0.6) is 0 Å². The van der Waals surface area contributed by atoms with Gasteiger partial charge in [0.1, 0.15) is 0 Å². The lowest BCUT2D eigenvalue weighted by atomic mass is 9.84. The lowest BCUT2D eigenvalue weighted by Gasteiger charge is -2.27. The van der Waals surface area contributed by atoms with E-state index in [-0.39, 0.29) is 23.6 Å². The molecule has 0 heterocycles. The highest BCUT2D eigenvalue weighted by molar-refractivity contribution is 7.91. The van der Waals surface area contributed by atoms with Crippen molar-refractivity contribution in [2.75, 3.05) is 5.32 Å². The van der Waals surface area contributed by atoms with Crippen molar-refractivity contribution < 1.29 is 13.2 Å². The molecule has 6 heteroatoms. The smallest absolute Gasteiger partial charge is 0.229 e. The Kier molecular flexibility index (Phi) is 4.71. The van der Waals surface area contributed by atoms with Crippen LogP contribution in [0.3, 0.4) is 0 Å². The molecule has 2 aliphatic rings. The first-order valence-electron chi connectivity index (χ1n) is 8.65. The number of nitrogens with two attached hydrogens (primary N) is 1. The normalized spacial score (nSPS) is 29.2. The van der Waals surface area contributed by atoms with Crippen LogP contribution in [0.25, 0.3) is 0 Å². The van der Waals surface area contributed by atoms with Gasteiger partial charge in [0.25, 0.3) is 0 Å². The molecule has 1 aromatic carbocycles. The van der Waals surface area contributed by atoms with Gasteiger partial charge in [-0.1, -0.05) is 12.1 Å². The van der Waals surface area contributed by atoms with Crippen LogP contribution < -0.4 is 11.1 Å². The standard InChI is InChI=1S/C18H26N2O3S/c1-11(2)24(22,23)10-12-4-3-5-15(8-12)20-18(21)16-13-6-7-14(9-13)17(16)19/h3-5,8,11,13-14,16-17H,6-7,9-10,19H2,1-2H3,(H,20,21). The minimum atomic E-state index is -3.16. The van der Waals surface area contributed by atoms with Gasteiger partial charge in [-0.05, 0) is 62.6 Å². The van der Waals surface area contributed by atoms with Crippen LogP contribution in [0, 0.1) is 17.8 Å². The van der Waals surface area contributed by atoms with Crippen molar-refractivity contribution in [2.45, 2.75) is 50.2 Å². The first-order chi connectivity index (χ1) is 11.3. The molecule has 3 rings (SSSR count). The van der Waals surface area contributed by atoms with E-state index in [0.29, 0.717) is 23.1 Å². The molecular formula is C18H26N2O3S. The van der Waals surface area contributed by atoms with Gasteiger partial charge in [-0.15, -0.1) is 0 Å². The Morgan fingerprint density at radius 3 is 2.62 bits per heavy atom. The van der Waals surface area contributed by atoms with Crippen LogP contribution in [0.15, 0.2) is 24.3 Å². The number of nitrogens with one attached hydrogen (secondary N) is 1. The lowest BCUT2D eigenvalue weighted by molar-refractivity contribution is -0.121. The zero-order valence-electron chi connectivity index (χ0n) is 14.2. The van der Waals surface area contributed by atoms with E-state index in [2.05, 4.69) is 5.32 Å². The summed E-state index contributed by atoms with van der Waals surface area (Å²) in [5, 5.41) is 2.53. The number of fused-ring (bicyclic) bond motifs is 2. The zero-order chi connectivity index (χ0) is 17.5. The molecule has 0 radical (unpaired) electrons. The molecule has 3 N–H and O–H groups in total. The molecule has 2 saturated carbocycles. The Bertz CT molecular complexity index is 728. The van der Waals surface area contributed by atoms with Crippen molar-refractivity contribution in [3.8, 4) is 0 Å². The number of rotatable bonds is 5.